The summed E-state index contributed by atoms with van der Waals surface area (Å²) in [4.78, 5) is 0. The molecule has 0 bridgehead atoms. The van der Waals surface area contributed by atoms with Crippen molar-refractivity contribution in [3.8, 4) is 22.8 Å². The molecule has 0 saturated heterocycles. The van der Waals surface area contributed by atoms with Crippen LogP contribution >= 0.6 is 0 Å². The van der Waals surface area contributed by atoms with Gasteiger partial charge >= 0.3 is 0 Å². The van der Waals surface area contributed by atoms with Gasteiger partial charge in [0.1, 0.15) is 18.9 Å². The van der Waals surface area contributed by atoms with Crippen molar-refractivity contribution in [3.05, 3.63) is 42.0 Å². The summed E-state index contributed by atoms with van der Waals surface area (Å²) in [5, 5.41) is 0.911. The summed E-state index contributed by atoms with van der Waals surface area (Å²) < 4.78 is 27.0. The summed E-state index contributed by atoms with van der Waals surface area (Å²) in [6.45, 7) is 2.01. The lowest BCUT2D eigenvalue weighted by molar-refractivity contribution is -0.660. The van der Waals surface area contributed by atoms with E-state index in [0.717, 1.165) is 27.8 Å². The molecule has 0 fully saturated rings. The molecule has 0 saturated carbocycles. The Bertz CT molecular complexity index is 836. The van der Waals surface area contributed by atoms with Gasteiger partial charge in [0.15, 0.2) is 17.8 Å². The van der Waals surface area contributed by atoms with E-state index in [9.17, 15) is 4.39 Å². The zero-order valence-electron chi connectivity index (χ0n) is 10.5. The molecule has 4 rings (SSSR count). The molecule has 3 nitrogen and oxygen atoms in total. The molecule has 0 radical (unpaired) electrons. The smallest absolute Gasteiger partial charge is 0.259 e. The number of furan rings is 1. The van der Waals surface area contributed by atoms with Gasteiger partial charge in [-0.05, 0) is 18.6 Å². The quantitative estimate of drug-likeness (QED) is 0.450. The molecule has 0 unspecified atom stereocenters. The van der Waals surface area contributed by atoms with Gasteiger partial charge in [-0.25, -0.2) is 4.39 Å². The van der Waals surface area contributed by atoms with Crippen LogP contribution in [0.4, 0.5) is 4.39 Å². The summed E-state index contributed by atoms with van der Waals surface area (Å²) in [7, 11) is 1.88. The van der Waals surface area contributed by atoms with Crippen molar-refractivity contribution in [1.82, 2.24) is 0 Å². The maximum atomic E-state index is 14.0. The van der Waals surface area contributed by atoms with E-state index in [1.165, 1.54) is 12.3 Å². The van der Waals surface area contributed by atoms with Crippen LogP contribution in [-0.4, -0.2) is 0 Å². The Balaban J connectivity index is 2.25. The van der Waals surface area contributed by atoms with Crippen LogP contribution in [0.1, 0.15) is 5.56 Å². The van der Waals surface area contributed by atoms with E-state index >= 15 is 0 Å². The molecule has 94 valence electrons. The predicted molar refractivity (Wildman–Crippen MR) is 67.6 cm³/mol. The molecule has 0 spiro atoms. The zero-order chi connectivity index (χ0) is 13.1. The van der Waals surface area contributed by atoms with E-state index in [2.05, 4.69) is 0 Å². The summed E-state index contributed by atoms with van der Waals surface area (Å²) in [6, 6.07) is 5.29. The maximum absolute atomic E-state index is 14.0. The predicted octanol–water partition coefficient (Wildman–Crippen LogP) is 3.48. The first-order chi connectivity index (χ1) is 9.16. The van der Waals surface area contributed by atoms with E-state index in [0.29, 0.717) is 5.75 Å². The number of aromatic nitrogens is 1. The fourth-order valence-electron chi connectivity index (χ4n) is 2.68. The Labute approximate surface area is 108 Å². The second-order valence-electron chi connectivity index (χ2n) is 4.78. The van der Waals surface area contributed by atoms with Gasteiger partial charge in [0.2, 0.25) is 5.75 Å². The second kappa shape index (κ2) is 3.35. The molecule has 0 N–H and O–H groups in total. The SMILES string of the molecule is Cc1ccc2occ3c2c1-c1c(c(F)cc[n+]1C)O3. The van der Waals surface area contributed by atoms with Crippen LogP contribution in [0, 0.1) is 12.7 Å². The number of ether oxygens (including phenoxy) is 1. The molecule has 2 aromatic heterocycles. The molecule has 19 heavy (non-hydrogen) atoms. The molecule has 3 aromatic rings. The number of pyridine rings is 1. The molecule has 0 aliphatic carbocycles. The number of halogens is 1. The first kappa shape index (κ1) is 10.6. The van der Waals surface area contributed by atoms with Crippen LogP contribution in [0.15, 0.2) is 35.1 Å². The van der Waals surface area contributed by atoms with E-state index in [-0.39, 0.29) is 11.6 Å². The Morgan fingerprint density at radius 3 is 2.89 bits per heavy atom. The van der Waals surface area contributed by atoms with Crippen molar-refractivity contribution in [1.29, 1.82) is 0 Å². The number of rotatable bonds is 0. The zero-order valence-corrected chi connectivity index (χ0v) is 10.5. The average Bonchev–Trinajstić information content (AvgIpc) is 2.81. The average molecular weight is 256 g/mol. The normalized spacial score (nSPS) is 12.4. The number of fused-ring (bicyclic) bond motifs is 2. The van der Waals surface area contributed by atoms with Gasteiger partial charge in [-0.2, -0.15) is 4.57 Å². The fraction of sp³-hybridized carbons (Fsp3) is 0.133. The third-order valence-corrected chi connectivity index (χ3v) is 3.59. The van der Waals surface area contributed by atoms with Crippen molar-refractivity contribution in [3.63, 3.8) is 0 Å². The van der Waals surface area contributed by atoms with Crippen molar-refractivity contribution in [2.24, 2.45) is 7.05 Å². The molecule has 1 aliphatic rings. The van der Waals surface area contributed by atoms with Crippen molar-refractivity contribution >= 4 is 11.0 Å². The highest BCUT2D eigenvalue weighted by atomic mass is 19.1. The number of nitrogens with zero attached hydrogens (tertiary/aromatic N) is 1. The first-order valence-corrected chi connectivity index (χ1v) is 6.04. The molecule has 0 amide bonds. The maximum Gasteiger partial charge on any atom is 0.259 e. The van der Waals surface area contributed by atoms with Crippen molar-refractivity contribution in [2.45, 2.75) is 6.92 Å². The lowest BCUT2D eigenvalue weighted by Gasteiger charge is -2.16. The highest BCUT2D eigenvalue weighted by molar-refractivity contribution is 6.01. The summed E-state index contributed by atoms with van der Waals surface area (Å²) in [5.74, 6) is 0.470. The summed E-state index contributed by atoms with van der Waals surface area (Å²) in [6.07, 6.45) is 3.23. The minimum atomic E-state index is -0.364. The van der Waals surface area contributed by atoms with E-state index in [1.807, 2.05) is 30.7 Å². The number of hydrogen-bond donors (Lipinski definition) is 0. The Kier molecular flexibility index (Phi) is 1.86. The van der Waals surface area contributed by atoms with Gasteiger partial charge < -0.3 is 9.15 Å². The van der Waals surface area contributed by atoms with Gasteiger partial charge in [-0.1, -0.05) is 6.07 Å². The highest BCUT2D eigenvalue weighted by Crippen LogP contribution is 2.47. The molecular weight excluding hydrogens is 245 g/mol. The second-order valence-corrected chi connectivity index (χ2v) is 4.78. The number of benzene rings is 1. The Morgan fingerprint density at radius 2 is 2.05 bits per heavy atom. The highest BCUT2D eigenvalue weighted by Gasteiger charge is 2.32. The third-order valence-electron chi connectivity index (χ3n) is 3.59. The topological polar surface area (TPSA) is 26.2 Å². The molecule has 1 aliphatic heterocycles. The fourth-order valence-corrected chi connectivity index (χ4v) is 2.68. The molecule has 3 heterocycles. The number of aryl methyl sites for hydroxylation is 2. The van der Waals surface area contributed by atoms with Crippen LogP contribution in [0.3, 0.4) is 0 Å². The van der Waals surface area contributed by atoms with Gasteiger partial charge in [0.05, 0.1) is 10.9 Å². The van der Waals surface area contributed by atoms with Crippen molar-refractivity contribution in [2.75, 3.05) is 0 Å². The van der Waals surface area contributed by atoms with Gasteiger partial charge in [0, 0.05) is 6.07 Å². The molecular formula is C15H11FNO2+. The summed E-state index contributed by atoms with van der Waals surface area (Å²) in [5.41, 5.74) is 3.55. The van der Waals surface area contributed by atoms with Gasteiger partial charge in [-0.15, -0.1) is 0 Å². The van der Waals surface area contributed by atoms with Gasteiger partial charge in [-0.3, -0.25) is 0 Å². The van der Waals surface area contributed by atoms with Crippen molar-refractivity contribution < 1.29 is 18.1 Å². The minimum absolute atomic E-state index is 0.259. The van der Waals surface area contributed by atoms with E-state index in [4.69, 9.17) is 9.15 Å². The Morgan fingerprint density at radius 1 is 1.21 bits per heavy atom. The van der Waals surface area contributed by atoms with Crippen LogP contribution in [-0.2, 0) is 7.05 Å². The van der Waals surface area contributed by atoms with E-state index < -0.39 is 0 Å². The lowest BCUT2D eigenvalue weighted by atomic mass is 9.97. The van der Waals surface area contributed by atoms with Crippen LogP contribution in [0.25, 0.3) is 22.2 Å². The first-order valence-electron chi connectivity index (χ1n) is 6.04. The molecule has 4 heteroatoms. The lowest BCUT2D eigenvalue weighted by Crippen LogP contribution is -2.32. The van der Waals surface area contributed by atoms with E-state index in [1.54, 1.807) is 6.20 Å². The largest absolute Gasteiger partial charge is 0.460 e. The summed E-state index contributed by atoms with van der Waals surface area (Å²) >= 11 is 0. The Hall–Kier alpha value is -2.36. The van der Waals surface area contributed by atoms with Crippen LogP contribution < -0.4 is 9.30 Å². The standard InChI is InChI=1S/C15H11FNO2/c1-8-3-4-10-13-11(7-18-10)19-15-9(16)5-6-17(2)14(15)12(8)13/h3-7H,1-2H3/q+1. The van der Waals surface area contributed by atoms with Crippen LogP contribution in [0.2, 0.25) is 0 Å². The van der Waals surface area contributed by atoms with Gasteiger partial charge in [0.25, 0.3) is 5.69 Å². The van der Waals surface area contributed by atoms with Crippen LogP contribution in [0.5, 0.6) is 11.5 Å². The monoisotopic (exact) mass is 256 g/mol. The molecule has 1 aromatic carbocycles. The molecule has 0 atom stereocenters. The number of hydrogen-bond acceptors (Lipinski definition) is 2. The third kappa shape index (κ3) is 1.23. The minimum Gasteiger partial charge on any atom is -0.460 e.